The van der Waals surface area contributed by atoms with E-state index in [1.165, 1.54) is 23.9 Å². The molecule has 3 aromatic rings. The molecule has 132 valence electrons. The highest BCUT2D eigenvalue weighted by molar-refractivity contribution is 7.99. The van der Waals surface area contributed by atoms with Crippen molar-refractivity contribution < 1.29 is 14.2 Å². The van der Waals surface area contributed by atoms with E-state index >= 15 is 0 Å². The van der Waals surface area contributed by atoms with Crippen molar-refractivity contribution in [1.29, 1.82) is 0 Å². The second-order valence-electron chi connectivity index (χ2n) is 5.30. The van der Waals surface area contributed by atoms with Crippen LogP contribution in [0.4, 0.5) is 5.69 Å². The van der Waals surface area contributed by atoms with Crippen LogP contribution in [0.2, 0.25) is 0 Å². The first-order valence-electron chi connectivity index (χ1n) is 7.81. The summed E-state index contributed by atoms with van der Waals surface area (Å²) in [5, 5.41) is 17.2. The van der Waals surface area contributed by atoms with Crippen molar-refractivity contribution in [2.24, 2.45) is 0 Å². The minimum atomic E-state index is -0.434. The monoisotopic (exact) mass is 369 g/mol. The van der Waals surface area contributed by atoms with Crippen LogP contribution in [-0.4, -0.2) is 28.3 Å². The van der Waals surface area contributed by atoms with Crippen molar-refractivity contribution in [3.63, 3.8) is 0 Å². The summed E-state index contributed by atoms with van der Waals surface area (Å²) >= 11 is 1.50. The maximum absolute atomic E-state index is 12.1. The molecule has 0 aliphatic heterocycles. The maximum atomic E-state index is 12.1. The molecule has 1 N–H and O–H groups in total. The number of rotatable bonds is 7. The standard InChI is InChI=1S/C18H15N3O4S/c22-18(16-12-17(25-20-16)13-4-2-1-3-5-13)19-10-11-26-15-8-6-14(7-9-15)21(23)24/h1-9,12H,10-11H2,(H,19,22). The molecular formula is C18H15N3O4S. The number of benzene rings is 2. The first-order valence-corrected chi connectivity index (χ1v) is 8.79. The van der Waals surface area contributed by atoms with Crippen LogP contribution in [0.1, 0.15) is 10.5 Å². The molecule has 26 heavy (non-hydrogen) atoms. The van der Waals surface area contributed by atoms with Gasteiger partial charge < -0.3 is 9.84 Å². The summed E-state index contributed by atoms with van der Waals surface area (Å²) in [6.07, 6.45) is 0. The largest absolute Gasteiger partial charge is 0.355 e. The highest BCUT2D eigenvalue weighted by atomic mass is 32.2. The van der Waals surface area contributed by atoms with Gasteiger partial charge >= 0.3 is 0 Å². The highest BCUT2D eigenvalue weighted by Gasteiger charge is 2.13. The Kier molecular flexibility index (Phi) is 5.65. The Balaban J connectivity index is 1.47. The van der Waals surface area contributed by atoms with Gasteiger partial charge in [-0.1, -0.05) is 35.5 Å². The summed E-state index contributed by atoms with van der Waals surface area (Å²) < 4.78 is 5.21. The first kappa shape index (κ1) is 17.7. The average molecular weight is 369 g/mol. The van der Waals surface area contributed by atoms with E-state index in [9.17, 15) is 14.9 Å². The maximum Gasteiger partial charge on any atom is 0.273 e. The van der Waals surface area contributed by atoms with Crippen LogP contribution >= 0.6 is 11.8 Å². The van der Waals surface area contributed by atoms with Gasteiger partial charge in [-0.2, -0.15) is 0 Å². The van der Waals surface area contributed by atoms with Gasteiger partial charge in [0, 0.05) is 41.0 Å². The van der Waals surface area contributed by atoms with Crippen LogP contribution in [0.25, 0.3) is 11.3 Å². The summed E-state index contributed by atoms with van der Waals surface area (Å²) in [6.45, 7) is 0.439. The summed E-state index contributed by atoms with van der Waals surface area (Å²) in [7, 11) is 0. The van der Waals surface area contributed by atoms with Gasteiger partial charge in [0.15, 0.2) is 11.5 Å². The second-order valence-corrected chi connectivity index (χ2v) is 6.47. The molecule has 3 rings (SSSR count). The molecule has 0 aliphatic carbocycles. The number of carbonyl (C=O) groups is 1. The molecule has 0 saturated heterocycles. The van der Waals surface area contributed by atoms with Gasteiger partial charge in [0.1, 0.15) is 0 Å². The van der Waals surface area contributed by atoms with E-state index in [4.69, 9.17) is 4.52 Å². The third-order valence-corrected chi connectivity index (χ3v) is 4.52. The number of nitrogens with zero attached hydrogens (tertiary/aromatic N) is 2. The van der Waals surface area contributed by atoms with Crippen LogP contribution in [-0.2, 0) is 0 Å². The van der Waals surface area contributed by atoms with E-state index in [0.29, 0.717) is 18.1 Å². The molecule has 1 amide bonds. The lowest BCUT2D eigenvalue weighted by molar-refractivity contribution is -0.384. The van der Waals surface area contributed by atoms with Crippen molar-refractivity contribution in [3.05, 3.63) is 76.5 Å². The minimum absolute atomic E-state index is 0.0582. The topological polar surface area (TPSA) is 98.3 Å². The molecule has 0 spiro atoms. The SMILES string of the molecule is O=C(NCCSc1ccc([N+](=O)[O-])cc1)c1cc(-c2ccccc2)on1. The third-order valence-electron chi connectivity index (χ3n) is 3.50. The number of hydrogen-bond donors (Lipinski definition) is 1. The Labute approximate surface area is 153 Å². The molecule has 0 fully saturated rings. The van der Waals surface area contributed by atoms with E-state index < -0.39 is 4.92 Å². The Bertz CT molecular complexity index is 894. The molecule has 2 aromatic carbocycles. The van der Waals surface area contributed by atoms with Gasteiger partial charge in [-0.3, -0.25) is 14.9 Å². The van der Waals surface area contributed by atoms with E-state index in [2.05, 4.69) is 10.5 Å². The smallest absolute Gasteiger partial charge is 0.273 e. The number of nitro benzene ring substituents is 1. The fourth-order valence-electron chi connectivity index (χ4n) is 2.21. The molecule has 7 nitrogen and oxygen atoms in total. The van der Waals surface area contributed by atoms with Crippen molar-refractivity contribution in [2.75, 3.05) is 12.3 Å². The molecule has 1 aromatic heterocycles. The fraction of sp³-hybridized carbons (Fsp3) is 0.111. The lowest BCUT2D eigenvalue weighted by Gasteiger charge is -2.03. The Morgan fingerprint density at radius 2 is 1.88 bits per heavy atom. The zero-order chi connectivity index (χ0) is 18.4. The van der Waals surface area contributed by atoms with E-state index in [1.807, 2.05) is 30.3 Å². The first-order chi connectivity index (χ1) is 12.6. The van der Waals surface area contributed by atoms with Gasteiger partial charge in [0.25, 0.3) is 11.6 Å². The van der Waals surface area contributed by atoms with E-state index in [0.717, 1.165) is 10.5 Å². The molecular weight excluding hydrogens is 354 g/mol. The fourth-order valence-corrected chi connectivity index (χ4v) is 2.98. The lowest BCUT2D eigenvalue weighted by Crippen LogP contribution is -2.25. The van der Waals surface area contributed by atoms with Crippen LogP contribution < -0.4 is 5.32 Å². The van der Waals surface area contributed by atoms with Gasteiger partial charge in [-0.05, 0) is 12.1 Å². The van der Waals surface area contributed by atoms with Gasteiger partial charge in [-0.25, -0.2) is 0 Å². The summed E-state index contributed by atoms with van der Waals surface area (Å²) in [4.78, 5) is 23.2. The van der Waals surface area contributed by atoms with Crippen molar-refractivity contribution in [2.45, 2.75) is 4.90 Å². The molecule has 0 atom stereocenters. The van der Waals surface area contributed by atoms with E-state index in [1.54, 1.807) is 18.2 Å². The molecule has 0 radical (unpaired) electrons. The number of hydrogen-bond acceptors (Lipinski definition) is 6. The van der Waals surface area contributed by atoms with E-state index in [-0.39, 0.29) is 17.3 Å². The average Bonchev–Trinajstić information content (AvgIpc) is 3.16. The summed E-state index contributed by atoms with van der Waals surface area (Å²) in [5.74, 6) is 0.865. The van der Waals surface area contributed by atoms with Gasteiger partial charge in [-0.15, -0.1) is 11.8 Å². The van der Waals surface area contributed by atoms with Crippen LogP contribution in [0.5, 0.6) is 0 Å². The van der Waals surface area contributed by atoms with Gasteiger partial charge in [0.2, 0.25) is 0 Å². The Morgan fingerprint density at radius 3 is 2.58 bits per heavy atom. The number of carbonyl (C=O) groups excluding carboxylic acids is 1. The second kappa shape index (κ2) is 8.30. The number of amides is 1. The molecule has 1 heterocycles. The molecule has 0 unspecified atom stereocenters. The minimum Gasteiger partial charge on any atom is -0.355 e. The highest BCUT2D eigenvalue weighted by Crippen LogP contribution is 2.21. The predicted octanol–water partition coefficient (Wildman–Crippen LogP) is 3.77. The number of nitro groups is 1. The van der Waals surface area contributed by atoms with Crippen LogP contribution in [0, 0.1) is 10.1 Å². The van der Waals surface area contributed by atoms with Crippen molar-refractivity contribution >= 4 is 23.4 Å². The summed E-state index contributed by atoms with van der Waals surface area (Å²) in [6, 6.07) is 17.3. The number of thioether (sulfide) groups is 1. The number of non-ortho nitro benzene ring substituents is 1. The molecule has 0 bridgehead atoms. The zero-order valence-electron chi connectivity index (χ0n) is 13.6. The van der Waals surface area contributed by atoms with Crippen molar-refractivity contribution in [1.82, 2.24) is 10.5 Å². The van der Waals surface area contributed by atoms with Gasteiger partial charge in [0.05, 0.1) is 4.92 Å². The lowest BCUT2D eigenvalue weighted by atomic mass is 10.1. The molecule has 0 aliphatic rings. The van der Waals surface area contributed by atoms with Crippen molar-refractivity contribution in [3.8, 4) is 11.3 Å². The molecule has 8 heteroatoms. The number of aromatic nitrogens is 1. The summed E-state index contributed by atoms with van der Waals surface area (Å²) in [5.41, 5.74) is 1.14. The normalized spacial score (nSPS) is 10.5. The molecule has 0 saturated carbocycles. The third kappa shape index (κ3) is 4.48. The Hall–Kier alpha value is -3.13. The zero-order valence-corrected chi connectivity index (χ0v) is 14.4. The number of nitrogens with one attached hydrogen (secondary N) is 1. The quantitative estimate of drug-likeness (QED) is 0.295. The predicted molar refractivity (Wildman–Crippen MR) is 98.1 cm³/mol. The Morgan fingerprint density at radius 1 is 1.15 bits per heavy atom. The van der Waals surface area contributed by atoms with Crippen LogP contribution in [0.3, 0.4) is 0 Å². The van der Waals surface area contributed by atoms with Crippen LogP contribution in [0.15, 0.2) is 70.1 Å².